The molecule has 1 fully saturated rings. The third-order valence-electron chi connectivity index (χ3n) is 4.96. The number of pyridine rings is 1. The first-order valence-electron chi connectivity index (χ1n) is 9.39. The molecule has 1 aliphatic carbocycles. The van der Waals surface area contributed by atoms with Gasteiger partial charge in [0, 0.05) is 16.6 Å². The average molecular weight is 426 g/mol. The Morgan fingerprint density at radius 2 is 2.31 bits per heavy atom. The van der Waals surface area contributed by atoms with Crippen molar-refractivity contribution >= 4 is 40.5 Å². The number of rotatable bonds is 6. The van der Waals surface area contributed by atoms with Crippen molar-refractivity contribution in [2.45, 2.75) is 38.9 Å². The summed E-state index contributed by atoms with van der Waals surface area (Å²) in [7, 11) is 0. The van der Waals surface area contributed by atoms with Crippen LogP contribution in [0, 0.1) is 11.7 Å². The lowest BCUT2D eigenvalue weighted by atomic mass is 10.1. The lowest BCUT2D eigenvalue weighted by Crippen LogP contribution is -2.25. The van der Waals surface area contributed by atoms with E-state index in [0.29, 0.717) is 35.1 Å². The highest BCUT2D eigenvalue weighted by atomic mass is 32.1. The zero-order valence-electron chi connectivity index (χ0n) is 15.8. The quantitative estimate of drug-likeness (QED) is 0.462. The van der Waals surface area contributed by atoms with E-state index in [2.05, 4.69) is 31.7 Å². The van der Waals surface area contributed by atoms with Crippen LogP contribution in [0.25, 0.3) is 11.0 Å². The second-order valence-corrected chi connectivity index (χ2v) is 8.58. The maximum atomic E-state index is 13.0. The normalized spacial score (nSPS) is 13.8. The Morgan fingerprint density at radius 1 is 1.45 bits per heavy atom. The summed E-state index contributed by atoms with van der Waals surface area (Å²) < 4.78 is 4.44. The van der Waals surface area contributed by atoms with Crippen LogP contribution in [-0.4, -0.2) is 35.4 Å². The van der Waals surface area contributed by atoms with Crippen molar-refractivity contribution in [1.82, 2.24) is 34.8 Å². The van der Waals surface area contributed by atoms with Crippen LogP contribution in [0.4, 0.5) is 0 Å². The van der Waals surface area contributed by atoms with Gasteiger partial charge in [0.05, 0.1) is 30.2 Å². The highest BCUT2D eigenvalue weighted by Gasteiger charge is 2.27. The number of aromatic nitrogens is 6. The molecule has 0 atom stereocenters. The average Bonchev–Trinajstić information content (AvgIpc) is 3.09. The van der Waals surface area contributed by atoms with Crippen molar-refractivity contribution in [2.75, 3.05) is 0 Å². The van der Waals surface area contributed by atoms with Gasteiger partial charge in [-0.25, -0.2) is 9.67 Å². The minimum Gasteiger partial charge on any atom is -0.345 e. The fourth-order valence-corrected chi connectivity index (χ4v) is 4.44. The molecule has 0 spiro atoms. The predicted octanol–water partition coefficient (Wildman–Crippen LogP) is 3.37. The molecular weight excluding hydrogens is 406 g/mol. The van der Waals surface area contributed by atoms with E-state index in [0.717, 1.165) is 29.7 Å². The van der Waals surface area contributed by atoms with Crippen molar-refractivity contribution in [2.24, 2.45) is 0 Å². The van der Waals surface area contributed by atoms with Crippen LogP contribution >= 0.6 is 23.6 Å². The Bertz CT molecular complexity index is 1250. The van der Waals surface area contributed by atoms with Gasteiger partial charge < -0.3 is 5.32 Å². The molecule has 0 radical (unpaired) electrons. The largest absolute Gasteiger partial charge is 0.345 e. The molecule has 2 N–H and O–H groups in total. The third kappa shape index (κ3) is 3.49. The van der Waals surface area contributed by atoms with Crippen LogP contribution in [-0.2, 0) is 13.1 Å². The summed E-state index contributed by atoms with van der Waals surface area (Å²) in [5.74, 6) is 0.578. The molecule has 5 rings (SSSR count). The van der Waals surface area contributed by atoms with E-state index in [-0.39, 0.29) is 5.91 Å². The smallest absolute Gasteiger partial charge is 0.252 e. The van der Waals surface area contributed by atoms with Gasteiger partial charge in [-0.3, -0.25) is 14.5 Å². The number of thiophene rings is 1. The van der Waals surface area contributed by atoms with E-state index in [9.17, 15) is 4.79 Å². The van der Waals surface area contributed by atoms with Gasteiger partial charge >= 0.3 is 0 Å². The molecule has 10 heteroatoms. The maximum Gasteiger partial charge on any atom is 0.252 e. The molecule has 0 saturated heterocycles. The van der Waals surface area contributed by atoms with Gasteiger partial charge in [0.2, 0.25) is 0 Å². The van der Waals surface area contributed by atoms with Crippen molar-refractivity contribution in [1.29, 1.82) is 0 Å². The van der Waals surface area contributed by atoms with Crippen molar-refractivity contribution in [3.8, 4) is 0 Å². The summed E-state index contributed by atoms with van der Waals surface area (Å²) in [5, 5.41) is 17.3. The predicted molar refractivity (Wildman–Crippen MR) is 113 cm³/mol. The van der Waals surface area contributed by atoms with Crippen LogP contribution in [0.5, 0.6) is 0 Å². The molecule has 1 saturated carbocycles. The SMILES string of the molecule is Cc1cc(C(=O)NCc2n[nH]c(=S)n2C2CC2)c2cnn(Cc3cccs3)c2n1. The molecule has 0 bridgehead atoms. The Morgan fingerprint density at radius 3 is 3.07 bits per heavy atom. The number of H-pyrrole nitrogens is 1. The first kappa shape index (κ1) is 18.2. The number of nitrogens with zero attached hydrogens (tertiary/aromatic N) is 5. The summed E-state index contributed by atoms with van der Waals surface area (Å²) >= 11 is 6.98. The number of carbonyl (C=O) groups is 1. The Kier molecular flexibility index (Phi) is 4.51. The first-order valence-corrected chi connectivity index (χ1v) is 10.7. The standard InChI is InChI=1S/C19H19N7OS2/c1-11-7-14(15-8-21-25(17(15)22-11)10-13-3-2-6-29-13)18(27)20-9-16-23-24-19(28)26(16)12-4-5-12/h2-3,6-8,12H,4-5,9-10H2,1H3,(H,20,27)(H,24,28). The molecule has 8 nitrogen and oxygen atoms in total. The molecule has 0 aliphatic heterocycles. The molecule has 148 valence electrons. The number of nitrogens with one attached hydrogen (secondary N) is 2. The molecule has 0 unspecified atom stereocenters. The van der Waals surface area contributed by atoms with Crippen LogP contribution in [0.2, 0.25) is 0 Å². The summed E-state index contributed by atoms with van der Waals surface area (Å²) in [4.78, 5) is 18.8. The van der Waals surface area contributed by atoms with Gasteiger partial charge in [-0.05, 0) is 49.5 Å². The minimum absolute atomic E-state index is 0.174. The molecule has 1 aliphatic rings. The molecule has 1 amide bonds. The molecule has 0 aromatic carbocycles. The van der Waals surface area contributed by atoms with E-state index in [1.807, 2.05) is 27.6 Å². The van der Waals surface area contributed by atoms with Gasteiger partial charge in [-0.15, -0.1) is 11.3 Å². The lowest BCUT2D eigenvalue weighted by molar-refractivity contribution is 0.0951. The van der Waals surface area contributed by atoms with Crippen LogP contribution in [0.1, 0.15) is 45.6 Å². The second kappa shape index (κ2) is 7.20. The van der Waals surface area contributed by atoms with Crippen LogP contribution in [0.15, 0.2) is 29.8 Å². The second-order valence-electron chi connectivity index (χ2n) is 7.16. The van der Waals surface area contributed by atoms with Crippen molar-refractivity contribution < 1.29 is 4.79 Å². The number of aryl methyl sites for hydroxylation is 1. The number of aromatic amines is 1. The Balaban J connectivity index is 1.41. The first-order chi connectivity index (χ1) is 14.1. The number of fused-ring (bicyclic) bond motifs is 1. The lowest BCUT2D eigenvalue weighted by Gasteiger charge is -2.09. The highest BCUT2D eigenvalue weighted by molar-refractivity contribution is 7.71. The zero-order chi connectivity index (χ0) is 20.0. The van der Waals surface area contributed by atoms with Gasteiger partial charge in [0.25, 0.3) is 5.91 Å². The van der Waals surface area contributed by atoms with Crippen molar-refractivity contribution in [3.63, 3.8) is 0 Å². The third-order valence-corrected chi connectivity index (χ3v) is 6.11. The zero-order valence-corrected chi connectivity index (χ0v) is 17.4. The highest BCUT2D eigenvalue weighted by Crippen LogP contribution is 2.35. The molecular formula is C19H19N7OS2. The number of carbonyl (C=O) groups excluding carboxylic acids is 1. The molecule has 4 aromatic heterocycles. The Hall–Kier alpha value is -2.85. The summed E-state index contributed by atoms with van der Waals surface area (Å²) in [5.41, 5.74) is 2.05. The van der Waals surface area contributed by atoms with Gasteiger partial charge in [0.1, 0.15) is 0 Å². The minimum atomic E-state index is -0.174. The fraction of sp³-hybridized carbons (Fsp3) is 0.316. The molecule has 4 aromatic rings. The number of hydrogen-bond donors (Lipinski definition) is 2. The summed E-state index contributed by atoms with van der Waals surface area (Å²) in [6.45, 7) is 2.83. The van der Waals surface area contributed by atoms with E-state index in [4.69, 9.17) is 12.2 Å². The van der Waals surface area contributed by atoms with E-state index in [1.54, 1.807) is 23.6 Å². The molecule has 4 heterocycles. The fourth-order valence-electron chi connectivity index (χ4n) is 3.45. The maximum absolute atomic E-state index is 13.0. The van der Waals surface area contributed by atoms with Crippen molar-refractivity contribution in [3.05, 3.63) is 56.5 Å². The molecule has 29 heavy (non-hydrogen) atoms. The summed E-state index contributed by atoms with van der Waals surface area (Å²) in [6, 6.07) is 6.28. The van der Waals surface area contributed by atoms with Crippen LogP contribution < -0.4 is 5.32 Å². The van der Waals surface area contributed by atoms with E-state index in [1.165, 1.54) is 4.88 Å². The topological polar surface area (TPSA) is 93.4 Å². The van der Waals surface area contributed by atoms with Gasteiger partial charge in [-0.2, -0.15) is 10.2 Å². The number of hydrogen-bond acceptors (Lipinski definition) is 6. The Labute approximate surface area is 175 Å². The van der Waals surface area contributed by atoms with Gasteiger partial charge in [-0.1, -0.05) is 6.07 Å². The van der Waals surface area contributed by atoms with Gasteiger partial charge in [0.15, 0.2) is 16.2 Å². The summed E-state index contributed by atoms with van der Waals surface area (Å²) in [6.07, 6.45) is 3.91. The van der Waals surface area contributed by atoms with Crippen LogP contribution in [0.3, 0.4) is 0 Å². The number of amides is 1. The monoisotopic (exact) mass is 425 g/mol. The van der Waals surface area contributed by atoms with E-state index >= 15 is 0 Å². The van der Waals surface area contributed by atoms with E-state index < -0.39 is 0 Å².